The third kappa shape index (κ3) is 9.11. The minimum absolute atomic E-state index is 0. The second-order valence-corrected chi connectivity index (χ2v) is 0. The third-order valence-corrected chi connectivity index (χ3v) is 0. The molecule has 4 heavy (non-hydrogen) atoms. The molecule has 0 aliphatic carbocycles. The summed E-state index contributed by atoms with van der Waals surface area (Å²) in [5.41, 5.74) is 0. The Labute approximate surface area is 103 Å². The quantitative estimate of drug-likeness (QED) is 0.411. The van der Waals surface area contributed by atoms with Gasteiger partial charge in [0.05, 0.1) is 0 Å². The maximum atomic E-state index is 4.21. The van der Waals surface area contributed by atoms with Gasteiger partial charge in [-0.25, -0.2) is 0 Å². The van der Waals surface area contributed by atoms with Gasteiger partial charge in [0.1, 0.15) is 0 Å². The fraction of sp³-hybridized carbons (Fsp3) is 0. The van der Waals surface area contributed by atoms with Crippen LogP contribution in [0.1, 0.15) is 0 Å². The zero-order chi connectivity index (χ0) is 2.00. The molecule has 0 unspecified atom stereocenters. The van der Waals surface area contributed by atoms with E-state index in [1.807, 2.05) is 0 Å². The van der Waals surface area contributed by atoms with Gasteiger partial charge in [-0.2, -0.15) is 0 Å². The van der Waals surface area contributed by atoms with Crippen molar-refractivity contribution in [3.8, 4) is 0 Å². The van der Waals surface area contributed by atoms with E-state index in [0.29, 0.717) is 0 Å². The van der Waals surface area contributed by atoms with Gasteiger partial charge in [0.2, 0.25) is 0 Å². The van der Waals surface area contributed by atoms with Gasteiger partial charge in [0.25, 0.3) is 0 Å². The van der Waals surface area contributed by atoms with E-state index in [4.69, 9.17) is 0 Å². The zero-order valence-corrected chi connectivity index (χ0v) is 14.2. The van der Waals surface area contributed by atoms with Crippen LogP contribution in [-0.4, -0.2) is 97.4 Å². The molecule has 0 bridgehead atoms. The monoisotopic (exact) mass is 494 g/mol. The topological polar surface area (TPSA) is 0 Å². The molecule has 0 fully saturated rings. The Kier molecular flexibility index (Phi) is 62.6. The van der Waals surface area contributed by atoms with Crippen molar-refractivity contribution in [1.29, 1.82) is 0 Å². The molecule has 0 atom stereocenters. The molecule has 0 amide bonds. The van der Waals surface area contributed by atoms with Crippen LogP contribution in [0.15, 0.2) is 0 Å². The van der Waals surface area contributed by atoms with Crippen molar-refractivity contribution in [3.63, 3.8) is 0 Å². The van der Waals surface area contributed by atoms with Gasteiger partial charge in [-0.1, -0.05) is 0 Å². The van der Waals surface area contributed by atoms with Gasteiger partial charge in [0, 0.05) is 75.1 Å². The van der Waals surface area contributed by atoms with Gasteiger partial charge >= 0.3 is 31.3 Å². The molecule has 0 heterocycles. The molecule has 0 aromatic rings. The molecule has 16 valence electrons. The van der Waals surface area contributed by atoms with E-state index in [0.717, 1.165) is 22.4 Å². The number of hydrogen-bond acceptors (Lipinski definition) is 1. The van der Waals surface area contributed by atoms with Gasteiger partial charge in [-0.15, -0.1) is 0 Å². The maximum absolute atomic E-state index is 4.21. The standard InChI is InChI=1S/Ba.Bi.In.S. The van der Waals surface area contributed by atoms with Crippen LogP contribution >= 0.6 is 8.92 Å². The first-order valence-electron chi connectivity index (χ1n) is 0.236. The summed E-state index contributed by atoms with van der Waals surface area (Å²) in [7, 11) is 4.21. The summed E-state index contributed by atoms with van der Waals surface area (Å²) in [4.78, 5) is 0. The fourth-order valence-electron chi connectivity index (χ4n) is 0. The molecule has 0 aliphatic heterocycles. The van der Waals surface area contributed by atoms with E-state index in [1.54, 1.807) is 0 Å². The minimum atomic E-state index is 0. The second kappa shape index (κ2) is 16.0. The first-order chi connectivity index (χ1) is 1.00. The van der Waals surface area contributed by atoms with E-state index in [1.165, 1.54) is 0 Å². The molecule has 0 saturated heterocycles. The number of rotatable bonds is 0. The molecular weight excluding hydrogens is 493 g/mol. The Morgan fingerprint density at radius 3 is 1.25 bits per heavy atom. The van der Waals surface area contributed by atoms with Crippen molar-refractivity contribution in [2.75, 3.05) is 0 Å². The van der Waals surface area contributed by atoms with Crippen molar-refractivity contribution in [1.82, 2.24) is 0 Å². The zero-order valence-electron chi connectivity index (χ0n) is 2.14. The molecule has 0 spiro atoms. The molecule has 4 heteroatoms. The molecule has 6 radical (unpaired) electrons. The van der Waals surface area contributed by atoms with Gasteiger partial charge < -0.3 is 0 Å². The predicted octanol–water partition coefficient (Wildman–Crippen LogP) is -0.494. The van der Waals surface area contributed by atoms with Crippen molar-refractivity contribution in [2.24, 2.45) is 0 Å². The van der Waals surface area contributed by atoms with Crippen LogP contribution in [0.3, 0.4) is 0 Å². The van der Waals surface area contributed by atoms with E-state index in [-0.39, 0.29) is 75.1 Å². The predicted molar refractivity (Wildman–Crippen MR) is 24.9 cm³/mol. The summed E-state index contributed by atoms with van der Waals surface area (Å²) >= 11 is 0.933. The SMILES string of the molecule is [Ba].[Bi].[S]=[In]. The summed E-state index contributed by atoms with van der Waals surface area (Å²) in [5, 5.41) is 0. The van der Waals surface area contributed by atoms with Crippen molar-refractivity contribution in [2.45, 2.75) is 0 Å². The first kappa shape index (κ1) is 15.6. The molecule has 0 N–H and O–H groups in total. The van der Waals surface area contributed by atoms with E-state index in [9.17, 15) is 0 Å². The van der Waals surface area contributed by atoms with Gasteiger partial charge in [-0.3, -0.25) is 0 Å². The molecule has 0 rings (SSSR count). The molecule has 0 aliphatic rings. The average molecular weight is 493 g/mol. The average Bonchev–Trinajstić information content (AvgIpc) is 1.00. The van der Waals surface area contributed by atoms with Crippen LogP contribution < -0.4 is 0 Å². The summed E-state index contributed by atoms with van der Waals surface area (Å²) < 4.78 is 0. The van der Waals surface area contributed by atoms with Crippen LogP contribution in [0, 0.1) is 0 Å². The van der Waals surface area contributed by atoms with E-state index in [2.05, 4.69) is 8.92 Å². The molecule has 0 aromatic carbocycles. The molecular formula is BaBiInS. The van der Waals surface area contributed by atoms with Crippen LogP contribution in [0.2, 0.25) is 0 Å². The summed E-state index contributed by atoms with van der Waals surface area (Å²) in [5.74, 6) is 0. The molecule has 0 nitrogen and oxygen atoms in total. The van der Waals surface area contributed by atoms with Gasteiger partial charge in [-0.05, 0) is 0 Å². The summed E-state index contributed by atoms with van der Waals surface area (Å²) in [6, 6.07) is 0. The third-order valence-electron chi connectivity index (χ3n) is 0. The van der Waals surface area contributed by atoms with Crippen LogP contribution in [-0.2, 0) is 0 Å². The molecule has 0 saturated carbocycles. The number of hydrogen-bond donors (Lipinski definition) is 0. The Bertz CT molecular complexity index is 8.00. The van der Waals surface area contributed by atoms with Crippen LogP contribution in [0.4, 0.5) is 0 Å². The molecule has 0 aromatic heterocycles. The van der Waals surface area contributed by atoms with Crippen LogP contribution in [0.25, 0.3) is 0 Å². The van der Waals surface area contributed by atoms with Crippen molar-refractivity contribution >= 4 is 106 Å². The Morgan fingerprint density at radius 1 is 1.25 bits per heavy atom. The summed E-state index contributed by atoms with van der Waals surface area (Å²) in [6.07, 6.45) is 0. The fourth-order valence-corrected chi connectivity index (χ4v) is 0. The van der Waals surface area contributed by atoms with Crippen molar-refractivity contribution < 1.29 is 0 Å². The first-order valence-corrected chi connectivity index (χ1v) is 4.74. The normalized spacial score (nSPS) is 0.750. The van der Waals surface area contributed by atoms with Crippen molar-refractivity contribution in [3.05, 3.63) is 0 Å². The Hall–Kier alpha value is 3.54. The summed E-state index contributed by atoms with van der Waals surface area (Å²) in [6.45, 7) is 0. The van der Waals surface area contributed by atoms with Gasteiger partial charge in [0.15, 0.2) is 0 Å². The van der Waals surface area contributed by atoms with E-state index < -0.39 is 0 Å². The second-order valence-electron chi connectivity index (χ2n) is 0. The Morgan fingerprint density at radius 2 is 1.25 bits per heavy atom. The van der Waals surface area contributed by atoms with E-state index >= 15 is 0 Å². The Balaban J connectivity index is -0.00000000500. The van der Waals surface area contributed by atoms with Crippen LogP contribution in [0.5, 0.6) is 0 Å².